The standard InChI is InChI=1S/C15H20N2O/c18-15(13-9-16-10-13)17(11-12-5-4-6-12)14-7-2-1-3-8-14/h1-3,7-8,12-13,16H,4-6,9-11H2. The second-order valence-electron chi connectivity index (χ2n) is 5.44. The smallest absolute Gasteiger partial charge is 0.232 e. The van der Waals surface area contributed by atoms with Gasteiger partial charge in [-0.25, -0.2) is 0 Å². The van der Waals surface area contributed by atoms with Gasteiger partial charge in [0.1, 0.15) is 0 Å². The molecule has 0 radical (unpaired) electrons. The van der Waals surface area contributed by atoms with Gasteiger partial charge in [-0.1, -0.05) is 24.6 Å². The average Bonchev–Trinajstić information content (AvgIpc) is 2.26. The summed E-state index contributed by atoms with van der Waals surface area (Å²) >= 11 is 0. The van der Waals surface area contributed by atoms with Crippen LogP contribution in [-0.2, 0) is 4.79 Å². The number of para-hydroxylation sites is 1. The molecule has 1 N–H and O–H groups in total. The zero-order chi connectivity index (χ0) is 12.4. The fraction of sp³-hybridized carbons (Fsp3) is 0.533. The van der Waals surface area contributed by atoms with Gasteiger partial charge in [-0.15, -0.1) is 0 Å². The first-order valence-corrected chi connectivity index (χ1v) is 6.92. The number of nitrogens with one attached hydrogen (secondary N) is 1. The Labute approximate surface area is 108 Å². The number of carbonyl (C=O) groups is 1. The van der Waals surface area contributed by atoms with E-state index >= 15 is 0 Å². The predicted molar refractivity (Wildman–Crippen MR) is 72.5 cm³/mol. The van der Waals surface area contributed by atoms with Gasteiger partial charge in [0.05, 0.1) is 5.92 Å². The van der Waals surface area contributed by atoms with E-state index < -0.39 is 0 Å². The lowest BCUT2D eigenvalue weighted by atomic mass is 9.84. The van der Waals surface area contributed by atoms with E-state index in [4.69, 9.17) is 0 Å². The number of rotatable bonds is 4. The van der Waals surface area contributed by atoms with E-state index in [0.29, 0.717) is 11.8 Å². The van der Waals surface area contributed by atoms with Gasteiger partial charge in [0.15, 0.2) is 0 Å². The summed E-state index contributed by atoms with van der Waals surface area (Å²) in [6, 6.07) is 10.1. The molecule has 1 aliphatic heterocycles. The third-order valence-electron chi connectivity index (χ3n) is 4.13. The van der Waals surface area contributed by atoms with Crippen LogP contribution in [0.15, 0.2) is 30.3 Å². The van der Waals surface area contributed by atoms with Crippen LogP contribution in [0, 0.1) is 11.8 Å². The van der Waals surface area contributed by atoms with Crippen LogP contribution in [-0.4, -0.2) is 25.5 Å². The number of benzene rings is 1. The Morgan fingerprint density at radius 3 is 2.44 bits per heavy atom. The molecule has 0 unspecified atom stereocenters. The van der Waals surface area contributed by atoms with Gasteiger partial charge >= 0.3 is 0 Å². The molecule has 18 heavy (non-hydrogen) atoms. The first-order valence-electron chi connectivity index (χ1n) is 6.92. The molecule has 3 heteroatoms. The molecule has 1 saturated carbocycles. The van der Waals surface area contributed by atoms with Crippen molar-refractivity contribution in [2.75, 3.05) is 24.5 Å². The Balaban J connectivity index is 1.75. The minimum absolute atomic E-state index is 0.185. The van der Waals surface area contributed by atoms with Gasteiger partial charge < -0.3 is 10.2 Å². The average molecular weight is 244 g/mol. The Morgan fingerprint density at radius 1 is 1.22 bits per heavy atom. The Hall–Kier alpha value is -1.35. The number of hydrogen-bond acceptors (Lipinski definition) is 2. The molecule has 1 saturated heterocycles. The lowest BCUT2D eigenvalue weighted by molar-refractivity contribution is -0.124. The maximum Gasteiger partial charge on any atom is 0.232 e. The van der Waals surface area contributed by atoms with Crippen LogP contribution in [0.1, 0.15) is 19.3 Å². The maximum atomic E-state index is 12.5. The van der Waals surface area contributed by atoms with Gasteiger partial charge in [0, 0.05) is 25.3 Å². The normalized spacial score (nSPS) is 20.0. The van der Waals surface area contributed by atoms with Crippen LogP contribution in [0.4, 0.5) is 5.69 Å². The molecule has 1 aromatic carbocycles. The molecule has 3 nitrogen and oxygen atoms in total. The largest absolute Gasteiger partial charge is 0.315 e. The van der Waals surface area contributed by atoms with Crippen LogP contribution < -0.4 is 10.2 Å². The summed E-state index contributed by atoms with van der Waals surface area (Å²) in [6.07, 6.45) is 3.88. The van der Waals surface area contributed by atoms with E-state index in [2.05, 4.69) is 5.32 Å². The van der Waals surface area contributed by atoms with Crippen LogP contribution >= 0.6 is 0 Å². The first-order chi connectivity index (χ1) is 8.84. The summed E-state index contributed by atoms with van der Waals surface area (Å²) in [4.78, 5) is 14.5. The highest BCUT2D eigenvalue weighted by Crippen LogP contribution is 2.30. The molecule has 0 atom stereocenters. The molecule has 1 amide bonds. The zero-order valence-electron chi connectivity index (χ0n) is 10.6. The van der Waals surface area contributed by atoms with E-state index in [9.17, 15) is 4.79 Å². The molecule has 1 heterocycles. The molecular weight excluding hydrogens is 224 g/mol. The Bertz CT molecular complexity index is 410. The van der Waals surface area contributed by atoms with Gasteiger partial charge in [0.2, 0.25) is 5.91 Å². The van der Waals surface area contributed by atoms with Crippen LogP contribution in [0.3, 0.4) is 0 Å². The Morgan fingerprint density at radius 2 is 1.94 bits per heavy atom. The van der Waals surface area contributed by atoms with Gasteiger partial charge in [-0.3, -0.25) is 4.79 Å². The summed E-state index contributed by atoms with van der Waals surface area (Å²) in [5, 5.41) is 3.18. The van der Waals surface area contributed by atoms with E-state index in [1.807, 2.05) is 35.2 Å². The third kappa shape index (κ3) is 2.27. The molecule has 2 aliphatic rings. The number of hydrogen-bond donors (Lipinski definition) is 1. The molecule has 1 aromatic rings. The lowest BCUT2D eigenvalue weighted by Gasteiger charge is -2.36. The van der Waals surface area contributed by atoms with E-state index in [1.165, 1.54) is 19.3 Å². The topological polar surface area (TPSA) is 32.3 Å². The molecule has 0 spiro atoms. The van der Waals surface area contributed by atoms with E-state index in [0.717, 1.165) is 25.3 Å². The van der Waals surface area contributed by atoms with Crippen molar-refractivity contribution in [2.24, 2.45) is 11.8 Å². The van der Waals surface area contributed by atoms with Crippen molar-refractivity contribution in [1.82, 2.24) is 5.32 Å². The fourth-order valence-corrected chi connectivity index (χ4v) is 2.55. The summed E-state index contributed by atoms with van der Waals surface area (Å²) in [6.45, 7) is 2.58. The summed E-state index contributed by atoms with van der Waals surface area (Å²) < 4.78 is 0. The van der Waals surface area contributed by atoms with Crippen molar-refractivity contribution >= 4 is 11.6 Å². The zero-order valence-corrected chi connectivity index (χ0v) is 10.6. The SMILES string of the molecule is O=C(C1CNC1)N(CC1CCC1)c1ccccc1. The van der Waals surface area contributed by atoms with E-state index in [-0.39, 0.29) is 5.92 Å². The minimum atomic E-state index is 0.185. The Kier molecular flexibility index (Phi) is 3.33. The number of anilines is 1. The van der Waals surface area contributed by atoms with Crippen molar-refractivity contribution in [3.8, 4) is 0 Å². The van der Waals surface area contributed by atoms with Crippen LogP contribution in [0.5, 0.6) is 0 Å². The predicted octanol–water partition coefficient (Wildman–Crippen LogP) is 2.04. The monoisotopic (exact) mass is 244 g/mol. The number of amides is 1. The molecule has 0 bridgehead atoms. The lowest BCUT2D eigenvalue weighted by Crippen LogP contribution is -2.53. The molecule has 3 rings (SSSR count). The van der Waals surface area contributed by atoms with E-state index in [1.54, 1.807) is 0 Å². The molecule has 96 valence electrons. The van der Waals surface area contributed by atoms with Crippen molar-refractivity contribution in [3.63, 3.8) is 0 Å². The highest BCUT2D eigenvalue weighted by Gasteiger charge is 2.32. The molecule has 2 fully saturated rings. The summed E-state index contributed by atoms with van der Waals surface area (Å²) in [5.41, 5.74) is 1.06. The van der Waals surface area contributed by atoms with Gasteiger partial charge in [-0.05, 0) is 30.9 Å². The van der Waals surface area contributed by atoms with Gasteiger partial charge in [0.25, 0.3) is 0 Å². The fourth-order valence-electron chi connectivity index (χ4n) is 2.55. The summed E-state index contributed by atoms with van der Waals surface area (Å²) in [5.74, 6) is 1.19. The number of carbonyl (C=O) groups excluding carboxylic acids is 1. The third-order valence-corrected chi connectivity index (χ3v) is 4.13. The number of nitrogens with zero attached hydrogens (tertiary/aromatic N) is 1. The van der Waals surface area contributed by atoms with Gasteiger partial charge in [-0.2, -0.15) is 0 Å². The quantitative estimate of drug-likeness (QED) is 0.879. The van der Waals surface area contributed by atoms with Crippen LogP contribution in [0.2, 0.25) is 0 Å². The second kappa shape index (κ2) is 5.11. The minimum Gasteiger partial charge on any atom is -0.315 e. The van der Waals surface area contributed by atoms with Crippen molar-refractivity contribution in [3.05, 3.63) is 30.3 Å². The van der Waals surface area contributed by atoms with Crippen molar-refractivity contribution < 1.29 is 4.79 Å². The summed E-state index contributed by atoms with van der Waals surface area (Å²) in [7, 11) is 0. The molecule has 1 aliphatic carbocycles. The highest BCUT2D eigenvalue weighted by molar-refractivity contribution is 5.95. The van der Waals surface area contributed by atoms with Crippen molar-refractivity contribution in [1.29, 1.82) is 0 Å². The molecular formula is C15H20N2O. The van der Waals surface area contributed by atoms with Crippen molar-refractivity contribution in [2.45, 2.75) is 19.3 Å². The first kappa shape index (κ1) is 11.7. The maximum absolute atomic E-state index is 12.5. The molecule has 0 aromatic heterocycles. The highest BCUT2D eigenvalue weighted by atomic mass is 16.2. The van der Waals surface area contributed by atoms with Crippen LogP contribution in [0.25, 0.3) is 0 Å². The second-order valence-corrected chi connectivity index (χ2v) is 5.44.